The number of aryl methyl sites for hydroxylation is 1. The second kappa shape index (κ2) is 7.51. The molecule has 0 saturated heterocycles. The van der Waals surface area contributed by atoms with Crippen molar-refractivity contribution in [1.82, 2.24) is 9.62 Å². The van der Waals surface area contributed by atoms with Gasteiger partial charge in [0.15, 0.2) is 0 Å². The average molecular weight is 320 g/mol. The molecule has 5 nitrogen and oxygen atoms in total. The zero-order valence-electron chi connectivity index (χ0n) is 12.8. The molecular weight excluding hydrogens is 296 g/mol. The van der Waals surface area contributed by atoms with E-state index in [1.807, 2.05) is 33.2 Å². The third kappa shape index (κ3) is 3.79. The van der Waals surface area contributed by atoms with E-state index < -0.39 is 10.0 Å². The van der Waals surface area contributed by atoms with Crippen LogP contribution in [0.4, 0.5) is 0 Å². The molecule has 0 aliphatic heterocycles. The topological polar surface area (TPSA) is 58.6 Å². The van der Waals surface area contributed by atoms with Gasteiger partial charge in [0, 0.05) is 31.1 Å². The predicted molar refractivity (Wildman–Crippen MR) is 82.7 cm³/mol. The van der Waals surface area contributed by atoms with Crippen molar-refractivity contribution in [1.29, 1.82) is 0 Å². The van der Waals surface area contributed by atoms with Gasteiger partial charge in [0.1, 0.15) is 4.90 Å². The van der Waals surface area contributed by atoms with Gasteiger partial charge in [-0.25, -0.2) is 8.42 Å². The number of sulfonamides is 1. The standard InChI is InChI=1S/C13H24N2O3S2/c1-10(2)15(6-7-18-5)20(16,17)13-11(3)9-19-12(13)8-14-4/h9-10,14H,6-8H2,1-5H3. The van der Waals surface area contributed by atoms with Gasteiger partial charge in [-0.3, -0.25) is 0 Å². The fraction of sp³-hybridized carbons (Fsp3) is 0.692. The van der Waals surface area contributed by atoms with Gasteiger partial charge >= 0.3 is 0 Å². The van der Waals surface area contributed by atoms with Gasteiger partial charge in [-0.2, -0.15) is 4.31 Å². The molecule has 7 heteroatoms. The molecule has 0 saturated carbocycles. The number of thiophene rings is 1. The summed E-state index contributed by atoms with van der Waals surface area (Å²) in [6, 6.07) is -0.100. The Balaban J connectivity index is 3.22. The van der Waals surface area contributed by atoms with Crippen LogP contribution in [0.1, 0.15) is 24.3 Å². The van der Waals surface area contributed by atoms with E-state index in [-0.39, 0.29) is 6.04 Å². The van der Waals surface area contributed by atoms with E-state index >= 15 is 0 Å². The molecule has 1 rings (SSSR count). The zero-order valence-corrected chi connectivity index (χ0v) is 14.4. The van der Waals surface area contributed by atoms with E-state index in [9.17, 15) is 8.42 Å². The summed E-state index contributed by atoms with van der Waals surface area (Å²) < 4.78 is 32.3. The largest absolute Gasteiger partial charge is 0.383 e. The van der Waals surface area contributed by atoms with Crippen molar-refractivity contribution >= 4 is 21.4 Å². The minimum atomic E-state index is -3.49. The normalized spacial score (nSPS) is 12.6. The summed E-state index contributed by atoms with van der Waals surface area (Å²) >= 11 is 1.48. The summed E-state index contributed by atoms with van der Waals surface area (Å²) in [5.74, 6) is 0. The van der Waals surface area contributed by atoms with Crippen molar-refractivity contribution < 1.29 is 13.2 Å². The summed E-state index contributed by atoms with van der Waals surface area (Å²) in [5, 5.41) is 4.92. The van der Waals surface area contributed by atoms with Gasteiger partial charge < -0.3 is 10.1 Å². The lowest BCUT2D eigenvalue weighted by Crippen LogP contribution is -2.39. The van der Waals surface area contributed by atoms with E-state index in [2.05, 4.69) is 5.32 Å². The SMILES string of the molecule is CNCc1scc(C)c1S(=O)(=O)N(CCOC)C(C)C. The number of hydrogen-bond donors (Lipinski definition) is 1. The summed E-state index contributed by atoms with van der Waals surface area (Å²) in [6.07, 6.45) is 0. The van der Waals surface area contributed by atoms with Crippen LogP contribution in [-0.2, 0) is 21.3 Å². The molecule has 20 heavy (non-hydrogen) atoms. The van der Waals surface area contributed by atoms with Crippen molar-refractivity contribution in [2.24, 2.45) is 0 Å². The molecule has 0 bridgehead atoms. The molecule has 0 amide bonds. The molecular formula is C13H24N2O3S2. The van der Waals surface area contributed by atoms with Crippen LogP contribution >= 0.6 is 11.3 Å². The second-order valence-corrected chi connectivity index (χ2v) is 7.70. The maximum absolute atomic E-state index is 12.9. The Morgan fingerprint density at radius 2 is 2.10 bits per heavy atom. The number of ether oxygens (including phenoxy) is 1. The highest BCUT2D eigenvalue weighted by molar-refractivity contribution is 7.89. The van der Waals surface area contributed by atoms with Gasteiger partial charge in [-0.15, -0.1) is 11.3 Å². The molecule has 1 aromatic rings. The fourth-order valence-corrected chi connectivity index (χ4v) is 5.47. The molecule has 1 N–H and O–H groups in total. The van der Waals surface area contributed by atoms with Crippen LogP contribution in [0.25, 0.3) is 0 Å². The van der Waals surface area contributed by atoms with Gasteiger partial charge in [-0.1, -0.05) is 0 Å². The Bertz CT molecular complexity index is 524. The quantitative estimate of drug-likeness (QED) is 0.794. The van der Waals surface area contributed by atoms with Crippen molar-refractivity contribution in [3.63, 3.8) is 0 Å². The highest BCUT2D eigenvalue weighted by atomic mass is 32.2. The molecule has 0 unspecified atom stereocenters. The first-order valence-corrected chi connectivity index (χ1v) is 8.90. The Labute approximate surface area is 126 Å². The molecule has 116 valence electrons. The molecule has 1 heterocycles. The molecule has 1 aromatic heterocycles. The predicted octanol–water partition coefficient (Wildman–Crippen LogP) is 1.82. The smallest absolute Gasteiger partial charge is 0.244 e. The number of hydrogen-bond acceptors (Lipinski definition) is 5. The van der Waals surface area contributed by atoms with Crippen molar-refractivity contribution in [2.75, 3.05) is 27.3 Å². The van der Waals surface area contributed by atoms with Crippen molar-refractivity contribution in [2.45, 2.75) is 38.3 Å². The molecule has 0 atom stereocenters. The van der Waals surface area contributed by atoms with Gasteiger partial charge in [-0.05, 0) is 38.8 Å². The molecule has 0 aromatic carbocycles. The van der Waals surface area contributed by atoms with Crippen LogP contribution in [0.3, 0.4) is 0 Å². The van der Waals surface area contributed by atoms with Crippen LogP contribution in [0.15, 0.2) is 10.3 Å². The van der Waals surface area contributed by atoms with Crippen LogP contribution in [0, 0.1) is 6.92 Å². The first-order chi connectivity index (χ1) is 9.36. The fourth-order valence-electron chi connectivity index (χ4n) is 2.07. The van der Waals surface area contributed by atoms with Gasteiger partial charge in [0.2, 0.25) is 10.0 Å². The van der Waals surface area contributed by atoms with Crippen LogP contribution in [0.2, 0.25) is 0 Å². The molecule has 0 fully saturated rings. The van der Waals surface area contributed by atoms with E-state index in [0.717, 1.165) is 10.4 Å². The Kier molecular flexibility index (Phi) is 6.60. The van der Waals surface area contributed by atoms with Crippen LogP contribution < -0.4 is 5.32 Å². The van der Waals surface area contributed by atoms with Crippen molar-refractivity contribution in [3.8, 4) is 0 Å². The lowest BCUT2D eigenvalue weighted by atomic mass is 10.3. The summed E-state index contributed by atoms with van der Waals surface area (Å²) in [7, 11) is -0.0962. The second-order valence-electron chi connectivity index (χ2n) is 4.90. The van der Waals surface area contributed by atoms with Gasteiger partial charge in [0.05, 0.1) is 6.61 Å². The number of methoxy groups -OCH3 is 1. The van der Waals surface area contributed by atoms with Crippen LogP contribution in [0.5, 0.6) is 0 Å². The Morgan fingerprint density at radius 1 is 1.45 bits per heavy atom. The minimum Gasteiger partial charge on any atom is -0.383 e. The van der Waals surface area contributed by atoms with E-state index in [1.165, 1.54) is 15.6 Å². The summed E-state index contributed by atoms with van der Waals surface area (Å²) in [4.78, 5) is 1.30. The van der Waals surface area contributed by atoms with E-state index in [0.29, 0.717) is 24.6 Å². The first kappa shape index (κ1) is 17.6. The zero-order chi connectivity index (χ0) is 15.3. The number of nitrogens with one attached hydrogen (secondary N) is 1. The number of rotatable bonds is 8. The first-order valence-electron chi connectivity index (χ1n) is 6.58. The Morgan fingerprint density at radius 3 is 2.60 bits per heavy atom. The average Bonchev–Trinajstić information content (AvgIpc) is 2.71. The lowest BCUT2D eigenvalue weighted by Gasteiger charge is -2.26. The maximum Gasteiger partial charge on any atom is 0.244 e. The molecule has 0 aliphatic carbocycles. The summed E-state index contributed by atoms with van der Waals surface area (Å²) in [6.45, 7) is 6.92. The molecule has 0 radical (unpaired) electrons. The lowest BCUT2D eigenvalue weighted by molar-refractivity contribution is 0.171. The third-order valence-corrected chi connectivity index (χ3v) is 6.52. The van der Waals surface area contributed by atoms with Gasteiger partial charge in [0.25, 0.3) is 0 Å². The highest BCUT2D eigenvalue weighted by Gasteiger charge is 2.31. The maximum atomic E-state index is 12.9. The van der Waals surface area contributed by atoms with Crippen molar-refractivity contribution in [3.05, 3.63) is 15.8 Å². The molecule has 0 aliphatic rings. The van der Waals surface area contributed by atoms with Crippen LogP contribution in [-0.4, -0.2) is 46.1 Å². The highest BCUT2D eigenvalue weighted by Crippen LogP contribution is 2.30. The minimum absolute atomic E-state index is 0.100. The Hall–Kier alpha value is -0.470. The third-order valence-electron chi connectivity index (χ3n) is 2.99. The molecule has 0 spiro atoms. The number of nitrogens with zero attached hydrogens (tertiary/aromatic N) is 1. The monoisotopic (exact) mass is 320 g/mol. The van der Waals surface area contributed by atoms with E-state index in [1.54, 1.807) is 7.11 Å². The van der Waals surface area contributed by atoms with E-state index in [4.69, 9.17) is 4.74 Å². The summed E-state index contributed by atoms with van der Waals surface area (Å²) in [5.41, 5.74) is 0.809.